The molecule has 6 nitrogen and oxygen atoms in total. The number of aliphatic hydroxyl groups is 1. The highest BCUT2D eigenvalue weighted by Crippen LogP contribution is 2.39. The van der Waals surface area contributed by atoms with Gasteiger partial charge in [-0.3, -0.25) is 9.59 Å². The third-order valence-corrected chi connectivity index (χ3v) is 5.19. The summed E-state index contributed by atoms with van der Waals surface area (Å²) < 4.78 is 5.80. The first-order valence-corrected chi connectivity index (χ1v) is 10.5. The molecule has 1 unspecified atom stereocenters. The third-order valence-electron chi connectivity index (χ3n) is 5.19. The number of hydrogen-bond acceptors (Lipinski definition) is 5. The summed E-state index contributed by atoms with van der Waals surface area (Å²) >= 11 is 0. The fraction of sp³-hybridized carbons (Fsp3) is 0.565. The van der Waals surface area contributed by atoms with E-state index in [2.05, 4.69) is 18.7 Å². The van der Waals surface area contributed by atoms with Crippen LogP contribution in [0.5, 0.6) is 5.75 Å². The van der Waals surface area contributed by atoms with Crippen LogP contribution in [-0.4, -0.2) is 58.9 Å². The van der Waals surface area contributed by atoms with E-state index in [1.165, 1.54) is 0 Å². The van der Waals surface area contributed by atoms with Crippen LogP contribution in [0, 0.1) is 5.92 Å². The molecule has 1 aromatic rings. The topological polar surface area (TPSA) is 70.1 Å². The quantitative estimate of drug-likeness (QED) is 0.646. The first-order chi connectivity index (χ1) is 13.7. The zero-order valence-electron chi connectivity index (χ0n) is 18.4. The van der Waals surface area contributed by atoms with Crippen molar-refractivity contribution in [1.29, 1.82) is 0 Å². The Hall–Kier alpha value is -2.34. The fourth-order valence-corrected chi connectivity index (χ4v) is 3.61. The standard InChI is InChI=1S/C23H34N2O4/c1-7-24(8-2)12-13-25-20(17-10-9-11-18(14-17)29-16(5)6)19(21(26)15(3)4)22(27)23(25)28/h9-11,14-16,20,27H,7-8,12-13H2,1-6H3. The number of ketones is 1. The lowest BCUT2D eigenvalue weighted by Gasteiger charge is -2.30. The van der Waals surface area contributed by atoms with E-state index in [0.29, 0.717) is 18.8 Å². The molecule has 29 heavy (non-hydrogen) atoms. The number of nitrogens with zero attached hydrogens (tertiary/aromatic N) is 2. The van der Waals surface area contributed by atoms with E-state index in [-0.39, 0.29) is 23.4 Å². The van der Waals surface area contributed by atoms with Crippen LogP contribution in [0.4, 0.5) is 0 Å². The Labute approximate surface area is 174 Å². The van der Waals surface area contributed by atoms with Crippen molar-refractivity contribution in [3.8, 4) is 5.75 Å². The van der Waals surface area contributed by atoms with Crippen molar-refractivity contribution in [2.75, 3.05) is 26.2 Å². The second-order valence-corrected chi connectivity index (χ2v) is 7.95. The number of carbonyl (C=O) groups is 2. The number of likely N-dealkylation sites (N-methyl/N-ethyl adjacent to an activating group) is 1. The summed E-state index contributed by atoms with van der Waals surface area (Å²) in [6, 6.07) is 6.83. The fourth-order valence-electron chi connectivity index (χ4n) is 3.61. The lowest BCUT2D eigenvalue weighted by Crippen LogP contribution is -2.38. The van der Waals surface area contributed by atoms with Gasteiger partial charge in [-0.15, -0.1) is 0 Å². The van der Waals surface area contributed by atoms with Crippen LogP contribution in [0.3, 0.4) is 0 Å². The van der Waals surface area contributed by atoms with E-state index < -0.39 is 17.7 Å². The highest BCUT2D eigenvalue weighted by atomic mass is 16.5. The number of aliphatic hydroxyl groups excluding tert-OH is 1. The highest BCUT2D eigenvalue weighted by molar-refractivity contribution is 6.09. The van der Waals surface area contributed by atoms with Crippen molar-refractivity contribution in [3.63, 3.8) is 0 Å². The van der Waals surface area contributed by atoms with Crippen molar-refractivity contribution in [2.24, 2.45) is 5.92 Å². The Morgan fingerprint density at radius 2 is 1.86 bits per heavy atom. The lowest BCUT2D eigenvalue weighted by molar-refractivity contribution is -0.129. The summed E-state index contributed by atoms with van der Waals surface area (Å²) in [6.45, 7) is 14.4. The van der Waals surface area contributed by atoms with Crippen LogP contribution in [-0.2, 0) is 9.59 Å². The lowest BCUT2D eigenvalue weighted by atomic mass is 9.91. The van der Waals surface area contributed by atoms with Gasteiger partial charge in [-0.05, 0) is 44.6 Å². The molecule has 0 saturated heterocycles. The van der Waals surface area contributed by atoms with Crippen molar-refractivity contribution in [2.45, 2.75) is 53.7 Å². The average Bonchev–Trinajstić information content (AvgIpc) is 2.92. The predicted molar refractivity (Wildman–Crippen MR) is 114 cm³/mol. The van der Waals surface area contributed by atoms with Crippen molar-refractivity contribution in [1.82, 2.24) is 9.80 Å². The first kappa shape index (κ1) is 22.9. The molecule has 1 atom stereocenters. The van der Waals surface area contributed by atoms with Gasteiger partial charge in [-0.1, -0.05) is 39.8 Å². The molecule has 0 saturated carbocycles. The monoisotopic (exact) mass is 402 g/mol. The molecule has 2 rings (SSSR count). The van der Waals surface area contributed by atoms with Gasteiger partial charge in [0.15, 0.2) is 11.5 Å². The number of ether oxygens (including phenoxy) is 1. The van der Waals surface area contributed by atoms with Crippen molar-refractivity contribution in [3.05, 3.63) is 41.2 Å². The SMILES string of the molecule is CCN(CC)CCN1C(=O)C(O)=C(C(=O)C(C)C)C1c1cccc(OC(C)C)c1. The van der Waals surface area contributed by atoms with E-state index in [0.717, 1.165) is 18.7 Å². The largest absolute Gasteiger partial charge is 0.503 e. The molecule has 6 heteroatoms. The van der Waals surface area contributed by atoms with Gasteiger partial charge in [0, 0.05) is 19.0 Å². The molecule has 0 radical (unpaired) electrons. The smallest absolute Gasteiger partial charge is 0.290 e. The van der Waals surface area contributed by atoms with E-state index >= 15 is 0 Å². The van der Waals surface area contributed by atoms with Crippen LogP contribution < -0.4 is 4.74 Å². The van der Waals surface area contributed by atoms with Gasteiger partial charge in [0.05, 0.1) is 17.7 Å². The maximum atomic E-state index is 12.9. The minimum atomic E-state index is -0.608. The van der Waals surface area contributed by atoms with Crippen LogP contribution >= 0.6 is 0 Å². The minimum absolute atomic E-state index is 0.00920. The second-order valence-electron chi connectivity index (χ2n) is 7.95. The molecular weight excluding hydrogens is 368 g/mol. The van der Waals surface area contributed by atoms with E-state index in [1.54, 1.807) is 18.7 Å². The maximum absolute atomic E-state index is 12.9. The molecule has 0 bridgehead atoms. The number of hydrogen-bond donors (Lipinski definition) is 1. The van der Waals surface area contributed by atoms with Gasteiger partial charge in [0.1, 0.15) is 5.75 Å². The molecule has 1 aromatic carbocycles. The van der Waals surface area contributed by atoms with E-state index in [1.807, 2.05) is 38.1 Å². The molecule has 0 aliphatic carbocycles. The summed E-state index contributed by atoms with van der Waals surface area (Å²) in [5.74, 6) is -0.761. The van der Waals surface area contributed by atoms with E-state index in [4.69, 9.17) is 4.74 Å². The van der Waals surface area contributed by atoms with Crippen molar-refractivity contribution >= 4 is 11.7 Å². The molecular formula is C23H34N2O4. The Kier molecular flexibility index (Phi) is 7.85. The number of amides is 1. The Balaban J connectivity index is 2.46. The van der Waals surface area contributed by atoms with Gasteiger partial charge >= 0.3 is 0 Å². The van der Waals surface area contributed by atoms with Gasteiger partial charge < -0.3 is 19.6 Å². The molecule has 160 valence electrons. The van der Waals surface area contributed by atoms with Gasteiger partial charge in [0.25, 0.3) is 5.91 Å². The Morgan fingerprint density at radius 3 is 2.41 bits per heavy atom. The number of rotatable bonds is 10. The Bertz CT molecular complexity index is 766. The molecule has 0 fully saturated rings. The zero-order valence-corrected chi connectivity index (χ0v) is 18.4. The van der Waals surface area contributed by atoms with Crippen molar-refractivity contribution < 1.29 is 19.4 Å². The minimum Gasteiger partial charge on any atom is -0.503 e. The van der Waals surface area contributed by atoms with Crippen LogP contribution in [0.15, 0.2) is 35.6 Å². The predicted octanol–water partition coefficient (Wildman–Crippen LogP) is 3.74. The summed E-state index contributed by atoms with van der Waals surface area (Å²) in [6.07, 6.45) is 0.00920. The molecule has 0 aromatic heterocycles. The number of Topliss-reactive ketones (excluding diaryl/α,β-unsaturated/α-hetero) is 1. The normalized spacial score (nSPS) is 17.2. The van der Waals surface area contributed by atoms with Crippen LogP contribution in [0.1, 0.15) is 53.1 Å². The van der Waals surface area contributed by atoms with Gasteiger partial charge in [0.2, 0.25) is 0 Å². The summed E-state index contributed by atoms with van der Waals surface area (Å²) in [5, 5.41) is 10.6. The Morgan fingerprint density at radius 1 is 1.21 bits per heavy atom. The summed E-state index contributed by atoms with van der Waals surface area (Å²) in [7, 11) is 0. The van der Waals surface area contributed by atoms with Crippen LogP contribution in [0.2, 0.25) is 0 Å². The average molecular weight is 403 g/mol. The van der Waals surface area contributed by atoms with Gasteiger partial charge in [-0.25, -0.2) is 0 Å². The first-order valence-electron chi connectivity index (χ1n) is 10.5. The second kappa shape index (κ2) is 9.92. The summed E-state index contributed by atoms with van der Waals surface area (Å²) in [4.78, 5) is 29.6. The molecule has 1 aliphatic heterocycles. The molecule has 1 aliphatic rings. The maximum Gasteiger partial charge on any atom is 0.290 e. The van der Waals surface area contributed by atoms with Gasteiger partial charge in [-0.2, -0.15) is 0 Å². The molecule has 1 heterocycles. The van der Waals surface area contributed by atoms with Crippen LogP contribution in [0.25, 0.3) is 0 Å². The highest BCUT2D eigenvalue weighted by Gasteiger charge is 2.43. The molecule has 0 spiro atoms. The summed E-state index contributed by atoms with van der Waals surface area (Å²) in [5.41, 5.74) is 0.954. The van der Waals surface area contributed by atoms with E-state index in [9.17, 15) is 14.7 Å². The third kappa shape index (κ3) is 5.18. The number of carbonyl (C=O) groups excluding carboxylic acids is 2. The molecule has 1 amide bonds. The zero-order chi connectivity index (χ0) is 21.7. The number of benzene rings is 1. The molecule has 1 N–H and O–H groups in total.